The molecule has 4 rings (SSSR count). The van der Waals surface area contributed by atoms with E-state index in [1.165, 1.54) is 5.56 Å². The third kappa shape index (κ3) is 3.76. The fourth-order valence-corrected chi connectivity index (χ4v) is 3.81. The maximum atomic E-state index is 13.0. The summed E-state index contributed by atoms with van der Waals surface area (Å²) in [5.41, 5.74) is 2.26. The van der Waals surface area contributed by atoms with Gasteiger partial charge in [-0.15, -0.1) is 0 Å². The van der Waals surface area contributed by atoms with Gasteiger partial charge in [0.15, 0.2) is 0 Å². The third-order valence-electron chi connectivity index (χ3n) is 5.20. The lowest BCUT2D eigenvalue weighted by Gasteiger charge is -2.32. The molecule has 0 bridgehead atoms. The summed E-state index contributed by atoms with van der Waals surface area (Å²) >= 11 is 0. The Morgan fingerprint density at radius 3 is 2.76 bits per heavy atom. The maximum absolute atomic E-state index is 13.0. The maximum Gasteiger partial charge on any atom is 0.242 e. The minimum Gasteiger partial charge on any atom is -0.352 e. The smallest absolute Gasteiger partial charge is 0.242 e. The lowest BCUT2D eigenvalue weighted by molar-refractivity contribution is -0.127. The van der Waals surface area contributed by atoms with E-state index in [9.17, 15) is 4.79 Å². The molecule has 2 aromatic rings. The Hall–Kier alpha value is -2.14. The van der Waals surface area contributed by atoms with Crippen molar-refractivity contribution in [1.82, 2.24) is 20.0 Å². The van der Waals surface area contributed by atoms with Crippen molar-refractivity contribution in [2.24, 2.45) is 0 Å². The van der Waals surface area contributed by atoms with Gasteiger partial charge in [-0.2, -0.15) is 5.10 Å². The molecule has 0 spiro atoms. The number of hydrogen-bond acceptors (Lipinski definition) is 3. The standard InChI is InChI=1S/C20H26N4O/c1-15-12-21-23(13-15)14-18-8-5-11-24(18)19(16-6-3-2-4-7-16)20(25)22-17-9-10-17/h2-4,6-7,12-13,17-19H,5,8-11,14H2,1H3,(H,22,25)/t18-,19-/m0/s1. The molecule has 1 amide bonds. The van der Waals surface area contributed by atoms with Crippen LogP contribution in [0.25, 0.3) is 0 Å². The molecule has 2 atom stereocenters. The van der Waals surface area contributed by atoms with Crippen molar-refractivity contribution in [1.29, 1.82) is 0 Å². The summed E-state index contributed by atoms with van der Waals surface area (Å²) in [6.07, 6.45) is 8.45. The van der Waals surface area contributed by atoms with Crippen LogP contribution in [0.3, 0.4) is 0 Å². The lowest BCUT2D eigenvalue weighted by atomic mass is 10.0. The van der Waals surface area contributed by atoms with E-state index in [2.05, 4.69) is 40.6 Å². The molecule has 5 nitrogen and oxygen atoms in total. The molecule has 1 aliphatic heterocycles. The van der Waals surface area contributed by atoms with E-state index in [0.717, 1.165) is 44.3 Å². The second-order valence-electron chi connectivity index (χ2n) is 7.37. The second kappa shape index (κ2) is 7.00. The molecule has 2 aliphatic rings. The van der Waals surface area contributed by atoms with Gasteiger partial charge in [-0.05, 0) is 50.3 Å². The number of hydrogen-bond donors (Lipinski definition) is 1. The van der Waals surface area contributed by atoms with Crippen LogP contribution in [-0.4, -0.2) is 39.2 Å². The zero-order chi connectivity index (χ0) is 17.2. The summed E-state index contributed by atoms with van der Waals surface area (Å²) in [6, 6.07) is 10.7. The van der Waals surface area contributed by atoms with Gasteiger partial charge in [-0.3, -0.25) is 14.4 Å². The second-order valence-corrected chi connectivity index (χ2v) is 7.37. The zero-order valence-electron chi connectivity index (χ0n) is 14.8. The highest BCUT2D eigenvalue weighted by Crippen LogP contribution is 2.31. The highest BCUT2D eigenvalue weighted by molar-refractivity contribution is 5.83. The SMILES string of the molecule is Cc1cnn(C[C@@H]2CCCN2[C@H](C(=O)NC2CC2)c2ccccc2)c1. The van der Waals surface area contributed by atoms with Gasteiger partial charge in [0.25, 0.3) is 0 Å². The van der Waals surface area contributed by atoms with Gasteiger partial charge in [0.05, 0.1) is 12.7 Å². The van der Waals surface area contributed by atoms with Crippen LogP contribution in [0.1, 0.15) is 42.9 Å². The number of likely N-dealkylation sites (tertiary alicyclic amines) is 1. The van der Waals surface area contributed by atoms with Crippen LogP contribution in [0.5, 0.6) is 0 Å². The van der Waals surface area contributed by atoms with Gasteiger partial charge >= 0.3 is 0 Å². The molecule has 2 heterocycles. The molecule has 1 saturated carbocycles. The summed E-state index contributed by atoms with van der Waals surface area (Å²) in [5, 5.41) is 7.65. The number of carbonyl (C=O) groups excluding carboxylic acids is 1. The van der Waals surface area contributed by atoms with Crippen LogP contribution in [0.15, 0.2) is 42.7 Å². The summed E-state index contributed by atoms with van der Waals surface area (Å²) in [7, 11) is 0. The number of aromatic nitrogens is 2. The van der Waals surface area contributed by atoms with Gasteiger partial charge in [-0.1, -0.05) is 30.3 Å². The molecule has 5 heteroatoms. The van der Waals surface area contributed by atoms with Crippen LogP contribution in [0.4, 0.5) is 0 Å². The minimum absolute atomic E-state index is 0.150. The third-order valence-corrected chi connectivity index (χ3v) is 5.20. The molecule has 2 fully saturated rings. The zero-order valence-corrected chi connectivity index (χ0v) is 14.8. The van der Waals surface area contributed by atoms with Crippen molar-refractivity contribution in [3.05, 3.63) is 53.9 Å². The molecular weight excluding hydrogens is 312 g/mol. The van der Waals surface area contributed by atoms with E-state index < -0.39 is 0 Å². The van der Waals surface area contributed by atoms with Crippen molar-refractivity contribution in [3.63, 3.8) is 0 Å². The fraction of sp³-hybridized carbons (Fsp3) is 0.500. The number of carbonyl (C=O) groups is 1. The average Bonchev–Trinajstić information content (AvgIpc) is 3.15. The van der Waals surface area contributed by atoms with E-state index in [1.807, 2.05) is 29.1 Å². The Balaban J connectivity index is 1.57. The molecule has 25 heavy (non-hydrogen) atoms. The molecule has 1 aromatic carbocycles. The Morgan fingerprint density at radius 2 is 2.08 bits per heavy atom. The molecule has 1 N–H and O–H groups in total. The first-order valence-electron chi connectivity index (χ1n) is 9.31. The lowest BCUT2D eigenvalue weighted by Crippen LogP contribution is -2.44. The normalized spacial score (nSPS) is 22.0. The van der Waals surface area contributed by atoms with Crippen LogP contribution in [0, 0.1) is 6.92 Å². The summed E-state index contributed by atoms with van der Waals surface area (Å²) in [5.74, 6) is 0.150. The fourth-order valence-electron chi connectivity index (χ4n) is 3.81. The van der Waals surface area contributed by atoms with E-state index in [-0.39, 0.29) is 11.9 Å². The number of amides is 1. The minimum atomic E-state index is -0.203. The first kappa shape index (κ1) is 16.3. The molecular formula is C20H26N4O. The number of aryl methyl sites for hydroxylation is 1. The molecule has 1 aliphatic carbocycles. The quantitative estimate of drug-likeness (QED) is 0.881. The number of nitrogens with zero attached hydrogens (tertiary/aromatic N) is 3. The van der Waals surface area contributed by atoms with Gasteiger partial charge in [0, 0.05) is 18.3 Å². The Bertz CT molecular complexity index is 722. The highest BCUT2D eigenvalue weighted by atomic mass is 16.2. The van der Waals surface area contributed by atoms with E-state index in [4.69, 9.17) is 0 Å². The summed E-state index contributed by atoms with van der Waals surface area (Å²) < 4.78 is 2.01. The van der Waals surface area contributed by atoms with Gasteiger partial charge in [-0.25, -0.2) is 0 Å². The van der Waals surface area contributed by atoms with Gasteiger partial charge in [0.2, 0.25) is 5.91 Å². The topological polar surface area (TPSA) is 50.2 Å². The van der Waals surface area contributed by atoms with Crippen molar-refractivity contribution in [2.45, 2.75) is 57.3 Å². The van der Waals surface area contributed by atoms with Crippen LogP contribution in [0.2, 0.25) is 0 Å². The molecule has 0 unspecified atom stereocenters. The van der Waals surface area contributed by atoms with Crippen molar-refractivity contribution in [3.8, 4) is 0 Å². The van der Waals surface area contributed by atoms with E-state index >= 15 is 0 Å². The van der Waals surface area contributed by atoms with Crippen molar-refractivity contribution < 1.29 is 4.79 Å². The highest BCUT2D eigenvalue weighted by Gasteiger charge is 2.37. The monoisotopic (exact) mass is 338 g/mol. The van der Waals surface area contributed by atoms with E-state index in [0.29, 0.717) is 12.1 Å². The Labute approximate surface area is 149 Å². The molecule has 0 radical (unpaired) electrons. The van der Waals surface area contributed by atoms with Crippen LogP contribution < -0.4 is 5.32 Å². The first-order chi connectivity index (χ1) is 12.2. The molecule has 1 aromatic heterocycles. The summed E-state index contributed by atoms with van der Waals surface area (Å²) in [4.78, 5) is 15.4. The summed E-state index contributed by atoms with van der Waals surface area (Å²) in [6.45, 7) is 3.86. The molecule has 132 valence electrons. The Morgan fingerprint density at radius 1 is 1.28 bits per heavy atom. The molecule has 1 saturated heterocycles. The van der Waals surface area contributed by atoms with E-state index in [1.54, 1.807) is 0 Å². The predicted molar refractivity (Wildman–Crippen MR) is 97.0 cm³/mol. The number of benzene rings is 1. The average molecular weight is 338 g/mol. The first-order valence-corrected chi connectivity index (χ1v) is 9.31. The van der Waals surface area contributed by atoms with Crippen LogP contribution in [-0.2, 0) is 11.3 Å². The van der Waals surface area contributed by atoms with Crippen molar-refractivity contribution >= 4 is 5.91 Å². The van der Waals surface area contributed by atoms with Crippen LogP contribution >= 0.6 is 0 Å². The van der Waals surface area contributed by atoms with Crippen molar-refractivity contribution in [2.75, 3.05) is 6.54 Å². The number of rotatable bonds is 6. The largest absolute Gasteiger partial charge is 0.352 e. The van der Waals surface area contributed by atoms with Gasteiger partial charge < -0.3 is 5.32 Å². The predicted octanol–water partition coefficient (Wildman–Crippen LogP) is 2.68. The Kier molecular flexibility index (Phi) is 4.57. The number of nitrogens with one attached hydrogen (secondary N) is 1. The van der Waals surface area contributed by atoms with Gasteiger partial charge in [0.1, 0.15) is 6.04 Å².